The molecule has 160 valence electrons. The largest absolute Gasteiger partial charge is 0.330 e. The quantitative estimate of drug-likeness (QED) is 0.187. The van der Waals surface area contributed by atoms with E-state index in [4.69, 9.17) is 51.6 Å². The van der Waals surface area contributed by atoms with Crippen molar-refractivity contribution < 1.29 is 0 Å². The van der Waals surface area contributed by atoms with Gasteiger partial charge < -0.3 is 51.6 Å². The van der Waals surface area contributed by atoms with Gasteiger partial charge in [0.2, 0.25) is 0 Å². The molecule has 0 unspecified atom stereocenters. The van der Waals surface area contributed by atoms with Gasteiger partial charge in [0.25, 0.3) is 0 Å². The molecule has 0 bridgehead atoms. The van der Waals surface area contributed by atoms with Gasteiger partial charge in [-0.1, -0.05) is 0 Å². The third kappa shape index (κ3) is 17.0. The number of hydrogen-bond donors (Lipinski definition) is 9. The molecule has 1 saturated carbocycles. The molecule has 1 fully saturated rings. The zero-order valence-electron chi connectivity index (χ0n) is 16.4. The van der Waals surface area contributed by atoms with E-state index in [-0.39, 0.29) is 18.1 Å². The van der Waals surface area contributed by atoms with Crippen LogP contribution in [0, 0.1) is 5.92 Å². The summed E-state index contributed by atoms with van der Waals surface area (Å²) in [4.78, 5) is 2.17. The molecular formula is C16H46N10. The minimum Gasteiger partial charge on any atom is -0.330 e. The molecule has 1 aliphatic carbocycles. The lowest BCUT2D eigenvalue weighted by Crippen LogP contribution is -2.45. The van der Waals surface area contributed by atoms with Crippen molar-refractivity contribution >= 4 is 0 Å². The summed E-state index contributed by atoms with van der Waals surface area (Å²) in [6.45, 7) is 6.55. The van der Waals surface area contributed by atoms with E-state index in [1.807, 2.05) is 0 Å². The highest BCUT2D eigenvalue weighted by Gasteiger charge is 2.21. The highest BCUT2D eigenvalue weighted by molar-refractivity contribution is 4.84. The van der Waals surface area contributed by atoms with E-state index in [0.29, 0.717) is 45.2 Å². The van der Waals surface area contributed by atoms with Gasteiger partial charge in [0.05, 0.1) is 0 Å². The van der Waals surface area contributed by atoms with Gasteiger partial charge in [-0.3, -0.25) is 4.90 Å². The monoisotopic (exact) mass is 378 g/mol. The maximum atomic E-state index is 5.66. The standard InChI is InChI=1S/C6H18N4.C6H15N3.C4H13N3/c7-1-4-10(5-2-8)6-3-9;7-4-1-5(8)3-6(9)2-4;5-1-4(2-6)3-7/h1-9H2;4-6H,1-3,7-9H2;4H,1-3,5-7H2. The second kappa shape index (κ2) is 19.4. The van der Waals surface area contributed by atoms with Gasteiger partial charge in [0.1, 0.15) is 0 Å². The highest BCUT2D eigenvalue weighted by atomic mass is 15.1. The molecule has 0 spiro atoms. The molecule has 0 radical (unpaired) electrons. The van der Waals surface area contributed by atoms with Crippen LogP contribution >= 0.6 is 0 Å². The van der Waals surface area contributed by atoms with E-state index in [1.165, 1.54) is 0 Å². The second-order valence-corrected chi connectivity index (χ2v) is 6.77. The lowest BCUT2D eigenvalue weighted by atomic mass is 9.89. The fourth-order valence-corrected chi connectivity index (χ4v) is 2.63. The molecule has 1 aliphatic rings. The molecule has 18 N–H and O–H groups in total. The Morgan fingerprint density at radius 2 is 0.846 bits per heavy atom. The van der Waals surface area contributed by atoms with Crippen molar-refractivity contribution in [3.05, 3.63) is 0 Å². The van der Waals surface area contributed by atoms with Crippen LogP contribution in [0.15, 0.2) is 0 Å². The van der Waals surface area contributed by atoms with Crippen LogP contribution in [-0.4, -0.2) is 81.9 Å². The van der Waals surface area contributed by atoms with Gasteiger partial charge in [-0.05, 0) is 44.8 Å². The minimum atomic E-state index is 0.240. The lowest BCUT2D eigenvalue weighted by Gasteiger charge is -2.28. The third-order valence-corrected chi connectivity index (χ3v) is 4.15. The van der Waals surface area contributed by atoms with E-state index >= 15 is 0 Å². The first kappa shape index (κ1) is 27.8. The summed E-state index contributed by atoms with van der Waals surface area (Å²) in [6, 6.07) is 0.719. The van der Waals surface area contributed by atoms with Gasteiger partial charge in [-0.2, -0.15) is 0 Å². The lowest BCUT2D eigenvalue weighted by molar-refractivity contribution is 0.297. The Labute approximate surface area is 159 Å². The predicted molar refractivity (Wildman–Crippen MR) is 112 cm³/mol. The van der Waals surface area contributed by atoms with Crippen LogP contribution in [0.25, 0.3) is 0 Å². The topological polar surface area (TPSA) is 237 Å². The Bertz CT molecular complexity index is 233. The number of nitrogens with zero attached hydrogens (tertiary/aromatic N) is 1. The van der Waals surface area contributed by atoms with Crippen LogP contribution < -0.4 is 51.6 Å². The van der Waals surface area contributed by atoms with Crippen molar-refractivity contribution in [2.45, 2.75) is 37.4 Å². The van der Waals surface area contributed by atoms with E-state index in [1.54, 1.807) is 0 Å². The summed E-state index contributed by atoms with van der Waals surface area (Å²) in [5.41, 5.74) is 48.8. The van der Waals surface area contributed by atoms with Gasteiger partial charge in [0.15, 0.2) is 0 Å². The smallest absolute Gasteiger partial charge is 0.0106 e. The normalized spacial score (nSPS) is 22.5. The maximum Gasteiger partial charge on any atom is 0.0106 e. The summed E-state index contributed by atoms with van der Waals surface area (Å²) in [7, 11) is 0. The van der Waals surface area contributed by atoms with E-state index in [0.717, 1.165) is 38.9 Å². The zero-order valence-corrected chi connectivity index (χ0v) is 16.4. The summed E-state index contributed by atoms with van der Waals surface area (Å²) in [6.07, 6.45) is 2.81. The van der Waals surface area contributed by atoms with Crippen molar-refractivity contribution in [3.8, 4) is 0 Å². The van der Waals surface area contributed by atoms with Crippen molar-refractivity contribution in [1.29, 1.82) is 0 Å². The number of nitrogens with two attached hydrogens (primary N) is 9. The Morgan fingerprint density at radius 1 is 0.577 bits per heavy atom. The van der Waals surface area contributed by atoms with Crippen LogP contribution in [-0.2, 0) is 0 Å². The fraction of sp³-hybridized carbons (Fsp3) is 1.00. The molecule has 0 aliphatic heterocycles. The molecule has 0 heterocycles. The summed E-state index contributed by atoms with van der Waals surface area (Å²) < 4.78 is 0. The van der Waals surface area contributed by atoms with Crippen LogP contribution in [0.5, 0.6) is 0 Å². The molecule has 0 aromatic heterocycles. The Morgan fingerprint density at radius 3 is 1.00 bits per heavy atom. The zero-order chi connectivity index (χ0) is 20.4. The average molecular weight is 379 g/mol. The first-order valence-electron chi connectivity index (χ1n) is 9.57. The van der Waals surface area contributed by atoms with Gasteiger partial charge >= 0.3 is 0 Å². The Balaban J connectivity index is 0. The first-order valence-corrected chi connectivity index (χ1v) is 9.57. The van der Waals surface area contributed by atoms with Crippen LogP contribution in [0.3, 0.4) is 0 Å². The molecule has 10 nitrogen and oxygen atoms in total. The molecular weight excluding hydrogens is 332 g/mol. The SMILES string of the molecule is NC1CC(N)CC(N)C1.NCC(CN)CN.NCCN(CCN)CCN. The highest BCUT2D eigenvalue weighted by Crippen LogP contribution is 2.13. The molecule has 0 aromatic rings. The van der Waals surface area contributed by atoms with E-state index in [9.17, 15) is 0 Å². The van der Waals surface area contributed by atoms with Crippen LogP contribution in [0.1, 0.15) is 19.3 Å². The van der Waals surface area contributed by atoms with Gasteiger partial charge in [0, 0.05) is 57.4 Å². The molecule has 0 aromatic carbocycles. The second-order valence-electron chi connectivity index (χ2n) is 6.77. The van der Waals surface area contributed by atoms with Gasteiger partial charge in [-0.15, -0.1) is 0 Å². The summed E-state index contributed by atoms with van der Waals surface area (Å²) >= 11 is 0. The number of rotatable bonds is 9. The Kier molecular flexibility index (Phi) is 20.7. The van der Waals surface area contributed by atoms with E-state index < -0.39 is 0 Å². The van der Waals surface area contributed by atoms with Crippen LogP contribution in [0.2, 0.25) is 0 Å². The summed E-state index contributed by atoms with van der Waals surface area (Å²) in [5, 5.41) is 0. The third-order valence-electron chi connectivity index (χ3n) is 4.15. The molecule has 10 heteroatoms. The van der Waals surface area contributed by atoms with Crippen LogP contribution in [0.4, 0.5) is 0 Å². The van der Waals surface area contributed by atoms with E-state index in [2.05, 4.69) is 4.90 Å². The first-order chi connectivity index (χ1) is 12.4. The Hall–Kier alpha value is -0.400. The molecule has 26 heavy (non-hydrogen) atoms. The molecule has 0 saturated heterocycles. The summed E-state index contributed by atoms with van der Waals surface area (Å²) in [5.74, 6) is 0.319. The van der Waals surface area contributed by atoms with Crippen molar-refractivity contribution in [2.24, 2.45) is 57.5 Å². The molecule has 1 rings (SSSR count). The molecule has 0 amide bonds. The maximum absolute atomic E-state index is 5.66. The fourth-order valence-electron chi connectivity index (χ4n) is 2.63. The van der Waals surface area contributed by atoms with Crippen molar-refractivity contribution in [2.75, 3.05) is 58.9 Å². The van der Waals surface area contributed by atoms with Crippen molar-refractivity contribution in [1.82, 2.24) is 4.90 Å². The predicted octanol–water partition coefficient (Wildman–Crippen LogP) is -4.20. The minimum absolute atomic E-state index is 0.240. The molecule has 0 atom stereocenters. The van der Waals surface area contributed by atoms with Gasteiger partial charge in [-0.25, -0.2) is 0 Å². The number of hydrogen-bond acceptors (Lipinski definition) is 10. The average Bonchev–Trinajstić information content (AvgIpc) is 2.57. The van der Waals surface area contributed by atoms with Crippen molar-refractivity contribution in [3.63, 3.8) is 0 Å².